The molecule has 30 heavy (non-hydrogen) atoms. The molecule has 0 bridgehead atoms. The first-order chi connectivity index (χ1) is 14.3. The van der Waals surface area contributed by atoms with Gasteiger partial charge in [0.15, 0.2) is 0 Å². The van der Waals surface area contributed by atoms with E-state index in [0.29, 0.717) is 0 Å². The lowest BCUT2D eigenvalue weighted by atomic mass is 9.79. The Labute approximate surface area is 178 Å². The van der Waals surface area contributed by atoms with Crippen molar-refractivity contribution in [3.63, 3.8) is 0 Å². The lowest BCUT2D eigenvalue weighted by molar-refractivity contribution is -0.153. The van der Waals surface area contributed by atoms with Crippen LogP contribution in [0.4, 0.5) is 0 Å². The lowest BCUT2D eigenvalue weighted by Gasteiger charge is -2.38. The third kappa shape index (κ3) is 4.24. The molecule has 0 saturated heterocycles. The number of ether oxygens (including phenoxy) is 2. The largest absolute Gasteiger partial charge is 0.497 e. The summed E-state index contributed by atoms with van der Waals surface area (Å²) in [7, 11) is 1.63. The molecule has 4 heteroatoms. The van der Waals surface area contributed by atoms with Gasteiger partial charge in [-0.2, -0.15) is 0 Å². The molecule has 0 amide bonds. The van der Waals surface area contributed by atoms with Crippen LogP contribution in [0, 0.1) is 12.3 Å². The molecular weight excluding hydrogens is 376 g/mol. The summed E-state index contributed by atoms with van der Waals surface area (Å²) in [6, 6.07) is 25.8. The van der Waals surface area contributed by atoms with Gasteiger partial charge in [0.05, 0.1) is 19.1 Å². The number of hydrogen-bond acceptors (Lipinski definition) is 3. The Morgan fingerprint density at radius 1 is 0.833 bits per heavy atom. The summed E-state index contributed by atoms with van der Waals surface area (Å²) in [4.78, 5) is 11.8. The Bertz CT molecular complexity index is 976. The van der Waals surface area contributed by atoms with Crippen LogP contribution in [-0.4, -0.2) is 24.8 Å². The zero-order chi connectivity index (χ0) is 21.8. The number of rotatable bonds is 8. The zero-order valence-electron chi connectivity index (χ0n) is 17.9. The molecule has 3 aromatic rings. The Balaban J connectivity index is 2.24. The van der Waals surface area contributed by atoms with Crippen molar-refractivity contribution < 1.29 is 19.4 Å². The first-order valence-corrected chi connectivity index (χ1v) is 9.94. The molecule has 0 aliphatic carbocycles. The van der Waals surface area contributed by atoms with Crippen LogP contribution in [0.2, 0.25) is 0 Å². The SMILES string of the molecule is COc1ccc(C(OCC(C)(C)C(=O)O)(c2ccccc2)c2ccc(C)cc2)cc1. The van der Waals surface area contributed by atoms with E-state index < -0.39 is 17.0 Å². The maximum absolute atomic E-state index is 11.8. The third-order valence-electron chi connectivity index (χ3n) is 5.36. The van der Waals surface area contributed by atoms with Gasteiger partial charge in [0, 0.05) is 0 Å². The van der Waals surface area contributed by atoms with E-state index in [0.717, 1.165) is 28.0 Å². The molecule has 0 saturated carbocycles. The van der Waals surface area contributed by atoms with Crippen molar-refractivity contribution in [2.75, 3.05) is 13.7 Å². The molecule has 0 aliphatic heterocycles. The molecule has 1 N–H and O–H groups in total. The van der Waals surface area contributed by atoms with Crippen LogP contribution in [0.1, 0.15) is 36.1 Å². The molecule has 3 rings (SSSR count). The summed E-state index contributed by atoms with van der Waals surface area (Å²) < 4.78 is 11.9. The van der Waals surface area contributed by atoms with Crippen molar-refractivity contribution >= 4 is 5.97 Å². The maximum Gasteiger partial charge on any atom is 0.311 e. The normalized spacial score (nSPS) is 13.5. The van der Waals surface area contributed by atoms with Gasteiger partial charge in [0.1, 0.15) is 11.4 Å². The third-order valence-corrected chi connectivity index (χ3v) is 5.36. The Hall–Kier alpha value is -3.11. The average molecular weight is 405 g/mol. The average Bonchev–Trinajstić information content (AvgIpc) is 2.76. The van der Waals surface area contributed by atoms with Crippen molar-refractivity contribution in [1.82, 2.24) is 0 Å². The smallest absolute Gasteiger partial charge is 0.311 e. The van der Waals surface area contributed by atoms with Gasteiger partial charge in [-0.1, -0.05) is 72.3 Å². The summed E-state index contributed by atoms with van der Waals surface area (Å²) in [6.45, 7) is 5.43. The van der Waals surface area contributed by atoms with Gasteiger partial charge >= 0.3 is 5.97 Å². The number of carbonyl (C=O) groups is 1. The lowest BCUT2D eigenvalue weighted by Crippen LogP contribution is -2.39. The summed E-state index contributed by atoms with van der Waals surface area (Å²) in [6.07, 6.45) is 0. The first-order valence-electron chi connectivity index (χ1n) is 9.94. The Kier molecular flexibility index (Phi) is 6.28. The maximum atomic E-state index is 11.8. The minimum absolute atomic E-state index is 0.0388. The summed E-state index contributed by atoms with van der Waals surface area (Å²) in [5, 5.41) is 9.66. The van der Waals surface area contributed by atoms with Gasteiger partial charge in [-0.3, -0.25) is 4.79 Å². The van der Waals surface area contributed by atoms with Gasteiger partial charge in [-0.05, 0) is 49.6 Å². The second kappa shape index (κ2) is 8.72. The van der Waals surface area contributed by atoms with E-state index in [9.17, 15) is 9.90 Å². The van der Waals surface area contributed by atoms with Crippen LogP contribution >= 0.6 is 0 Å². The standard InChI is InChI=1S/C26H28O4/c1-19-10-12-21(13-11-19)26(20-8-6-5-7-9-20,30-18-25(2,3)24(27)28)22-14-16-23(29-4)17-15-22/h5-17H,18H2,1-4H3,(H,27,28). The second-order valence-electron chi connectivity index (χ2n) is 8.12. The number of hydrogen-bond donors (Lipinski definition) is 1. The van der Waals surface area contributed by atoms with Crippen LogP contribution in [0.15, 0.2) is 78.9 Å². The molecule has 0 aromatic heterocycles. The molecule has 3 aromatic carbocycles. The number of carboxylic acid groups (broad SMARTS) is 1. The minimum Gasteiger partial charge on any atom is -0.497 e. The topological polar surface area (TPSA) is 55.8 Å². The van der Waals surface area contributed by atoms with Crippen LogP contribution in [0.3, 0.4) is 0 Å². The van der Waals surface area contributed by atoms with Crippen molar-refractivity contribution in [1.29, 1.82) is 0 Å². The number of methoxy groups -OCH3 is 1. The highest BCUT2D eigenvalue weighted by atomic mass is 16.5. The van der Waals surface area contributed by atoms with Crippen LogP contribution in [0.5, 0.6) is 5.75 Å². The van der Waals surface area contributed by atoms with Crippen molar-refractivity contribution in [2.24, 2.45) is 5.41 Å². The summed E-state index contributed by atoms with van der Waals surface area (Å²) >= 11 is 0. The number of aryl methyl sites for hydroxylation is 1. The highest BCUT2D eigenvalue weighted by molar-refractivity contribution is 5.73. The van der Waals surface area contributed by atoms with Crippen molar-refractivity contribution in [3.8, 4) is 5.75 Å². The predicted octanol–water partition coefficient (Wildman–Crippen LogP) is 5.42. The van der Waals surface area contributed by atoms with E-state index in [1.165, 1.54) is 0 Å². The Morgan fingerprint density at radius 2 is 1.33 bits per heavy atom. The molecular formula is C26H28O4. The highest BCUT2D eigenvalue weighted by Crippen LogP contribution is 2.42. The predicted molar refractivity (Wildman–Crippen MR) is 118 cm³/mol. The molecule has 0 fully saturated rings. The summed E-state index contributed by atoms with van der Waals surface area (Å²) in [5.41, 5.74) is 1.90. The first kappa shape index (κ1) is 21.6. The molecule has 4 nitrogen and oxygen atoms in total. The van der Waals surface area contributed by atoms with Crippen LogP contribution < -0.4 is 4.74 Å². The van der Waals surface area contributed by atoms with Gasteiger partial charge in [0.2, 0.25) is 0 Å². The highest BCUT2D eigenvalue weighted by Gasteiger charge is 2.40. The van der Waals surface area contributed by atoms with Crippen molar-refractivity contribution in [2.45, 2.75) is 26.4 Å². The number of benzene rings is 3. The fraction of sp³-hybridized carbons (Fsp3) is 0.269. The van der Waals surface area contributed by atoms with Crippen LogP contribution in [-0.2, 0) is 15.1 Å². The fourth-order valence-electron chi connectivity index (χ4n) is 3.39. The quantitative estimate of drug-likeness (QED) is 0.509. The summed E-state index contributed by atoms with van der Waals surface area (Å²) in [5.74, 6) is -0.154. The van der Waals surface area contributed by atoms with Gasteiger partial charge in [0.25, 0.3) is 0 Å². The van der Waals surface area contributed by atoms with Gasteiger partial charge < -0.3 is 14.6 Å². The molecule has 0 aliphatic rings. The number of aliphatic carboxylic acids is 1. The zero-order valence-corrected chi connectivity index (χ0v) is 17.9. The van der Waals surface area contributed by atoms with E-state index in [2.05, 4.69) is 0 Å². The Morgan fingerprint density at radius 3 is 1.83 bits per heavy atom. The monoisotopic (exact) mass is 404 g/mol. The molecule has 0 heterocycles. The molecule has 0 spiro atoms. The molecule has 0 radical (unpaired) electrons. The molecule has 1 atom stereocenters. The molecule has 156 valence electrons. The van der Waals surface area contributed by atoms with Gasteiger partial charge in [-0.25, -0.2) is 0 Å². The number of carboxylic acids is 1. The van der Waals surface area contributed by atoms with Crippen LogP contribution in [0.25, 0.3) is 0 Å². The van der Waals surface area contributed by atoms with E-state index in [1.54, 1.807) is 21.0 Å². The molecule has 1 unspecified atom stereocenters. The fourth-order valence-corrected chi connectivity index (χ4v) is 3.39. The van der Waals surface area contributed by atoms with E-state index in [-0.39, 0.29) is 6.61 Å². The van der Waals surface area contributed by atoms with E-state index in [4.69, 9.17) is 9.47 Å². The van der Waals surface area contributed by atoms with E-state index >= 15 is 0 Å². The van der Waals surface area contributed by atoms with Gasteiger partial charge in [-0.15, -0.1) is 0 Å². The van der Waals surface area contributed by atoms with E-state index in [1.807, 2.05) is 85.8 Å². The van der Waals surface area contributed by atoms with Crippen molar-refractivity contribution in [3.05, 3.63) is 101 Å². The minimum atomic E-state index is -1.04. The second-order valence-corrected chi connectivity index (χ2v) is 8.12.